The van der Waals surface area contributed by atoms with Gasteiger partial charge in [0.25, 0.3) is 0 Å². The van der Waals surface area contributed by atoms with Crippen molar-refractivity contribution in [3.8, 4) is 0 Å². The highest BCUT2D eigenvalue weighted by Crippen LogP contribution is 2.73. The van der Waals surface area contributed by atoms with Crippen molar-refractivity contribution in [2.45, 2.75) is 194 Å². The Balaban J connectivity index is 8.99. The Bertz CT molecular complexity index is 678. The van der Waals surface area contributed by atoms with Gasteiger partial charge < -0.3 is 0 Å². The molecule has 0 rings (SSSR count). The van der Waals surface area contributed by atoms with Crippen LogP contribution in [-0.2, 0) is 0 Å². The van der Waals surface area contributed by atoms with Crippen LogP contribution >= 0.6 is 30.6 Å². The molecule has 0 atom stereocenters. The summed E-state index contributed by atoms with van der Waals surface area (Å²) < 4.78 is -2.19. The van der Waals surface area contributed by atoms with Crippen LogP contribution < -0.4 is 0 Å². The third kappa shape index (κ3) is 5.83. The lowest BCUT2D eigenvalue weighted by Gasteiger charge is -2.73. The molecule has 0 N–H and O–H groups in total. The molecule has 223 valence electrons. The zero-order valence-corrected chi connectivity index (χ0v) is 37.5. The van der Waals surface area contributed by atoms with E-state index in [1.165, 1.54) is 18.1 Å². The van der Waals surface area contributed by atoms with Gasteiger partial charge in [-0.05, 0) is 30.2 Å². The fourth-order valence-corrected chi connectivity index (χ4v) is 214. The average molecular weight is 730 g/mol. The summed E-state index contributed by atoms with van der Waals surface area (Å²) in [6.45, 7) is 55.7. The van der Waals surface area contributed by atoms with Gasteiger partial charge in [-0.3, -0.25) is 0 Å². The van der Waals surface area contributed by atoms with Crippen molar-refractivity contribution in [1.82, 2.24) is 0 Å². The third-order valence-electron chi connectivity index (χ3n) is 10.5. The molecule has 0 aromatic heterocycles. The first-order valence-corrected chi connectivity index (χ1v) is 33.7. The quantitative estimate of drug-likeness (QED) is 0.181. The second-order valence-corrected chi connectivity index (χ2v) is 78.7. The van der Waals surface area contributed by atoms with E-state index in [9.17, 15) is 0 Å². The lowest BCUT2D eigenvalue weighted by molar-refractivity contribution is 0.552. The summed E-state index contributed by atoms with van der Waals surface area (Å²) in [5.41, 5.74) is 0. The van der Waals surface area contributed by atoms with Gasteiger partial charge in [0.15, 0.2) is 4.35 Å². The van der Waals surface area contributed by atoms with Crippen LogP contribution in [0.15, 0.2) is 0 Å². The maximum absolute atomic E-state index is 5.08. The van der Waals surface area contributed by atoms with Crippen LogP contribution in [-0.4, -0.2) is 34.5 Å². The summed E-state index contributed by atoms with van der Waals surface area (Å²) >= 11 is 10.2. The van der Waals surface area contributed by atoms with E-state index in [2.05, 4.69) is 145 Å². The average Bonchev–Trinajstić information content (AvgIpc) is 2.54. The van der Waals surface area contributed by atoms with Gasteiger partial charge in [-0.1, -0.05) is 164 Å². The number of rotatable bonds is 7. The molecule has 0 aliphatic carbocycles. The summed E-state index contributed by atoms with van der Waals surface area (Å²) in [5.74, 6) is 0. The molecule has 0 aliphatic heterocycles. The Labute approximate surface area is 257 Å². The Morgan fingerprint density at radius 1 is 0.432 bits per heavy atom. The van der Waals surface area contributed by atoms with Crippen LogP contribution in [0.25, 0.3) is 0 Å². The molecule has 0 saturated carbocycles. The van der Waals surface area contributed by atoms with Gasteiger partial charge in [0.2, 0.25) is 0 Å². The van der Waals surface area contributed by atoms with Gasteiger partial charge in [0, 0.05) is 7.59 Å². The van der Waals surface area contributed by atoms with Crippen molar-refractivity contribution in [1.29, 1.82) is 0 Å². The van der Waals surface area contributed by atoms with Crippen molar-refractivity contribution in [3.63, 3.8) is 0 Å². The first-order chi connectivity index (χ1) is 15.8. The fraction of sp³-hybridized carbons (Fsp3) is 1.00. The minimum Gasteiger partial charge on any atom is -0.119 e. The minimum absolute atomic E-state index is 0.280. The van der Waals surface area contributed by atoms with E-state index in [0.29, 0.717) is 15.1 Å². The molecule has 0 bridgehead atoms. The number of halogens is 2. The van der Waals surface area contributed by atoms with Crippen molar-refractivity contribution in [2.24, 2.45) is 0 Å². The van der Waals surface area contributed by atoms with Crippen LogP contribution in [0.2, 0.25) is 48.4 Å². The van der Waals surface area contributed by atoms with E-state index in [-0.39, 0.29) is 15.1 Å². The fourth-order valence-electron chi connectivity index (χ4n) is 11.7. The maximum Gasteiger partial charge on any atom is 0.176 e. The van der Waals surface area contributed by atoms with Crippen molar-refractivity contribution in [3.05, 3.63) is 0 Å². The SMILES string of the molecule is CC[Si](CC)(CC)[Si]([Si](C(C)(C)C)(C(C)(C)C)C(C)(C)C)[Si](Br)(Br)[Si](C(C)(C)C)(C(C)(C)C)C(C)(C)C. The van der Waals surface area contributed by atoms with Gasteiger partial charge in [0.1, 0.15) is 0 Å². The van der Waals surface area contributed by atoms with Crippen molar-refractivity contribution >= 4 is 65.1 Å². The van der Waals surface area contributed by atoms with E-state index >= 15 is 0 Å². The topological polar surface area (TPSA) is 0 Å². The largest absolute Gasteiger partial charge is 0.176 e. The smallest absolute Gasteiger partial charge is 0.119 e. The standard InChI is InChI=1S/C30H69Br2Si5/c1-22-34(23-2,24-3)33(35(25(4,5)6,26(7,8)9)27(10,11)12)37(31,32)36(28(13,14)15,29(16,17)18)30(19,20)21/h22-24H2,1-21H3. The van der Waals surface area contributed by atoms with Gasteiger partial charge in [0.05, 0.1) is 22.5 Å². The maximum atomic E-state index is 5.08. The normalized spacial score (nSPS) is 16.5. The predicted molar refractivity (Wildman–Crippen MR) is 196 cm³/mol. The molecule has 0 spiro atoms. The molecular formula is C30H69Br2Si5. The van der Waals surface area contributed by atoms with Gasteiger partial charge in [-0.15, -0.1) is 30.6 Å². The molecule has 0 saturated heterocycles. The third-order valence-corrected chi connectivity index (χ3v) is 122. The lowest BCUT2D eigenvalue weighted by Crippen LogP contribution is -2.90. The number of hydrogen-bond acceptors (Lipinski definition) is 0. The van der Waals surface area contributed by atoms with E-state index in [1.807, 2.05) is 0 Å². The first kappa shape index (κ1) is 39.0. The molecule has 0 aliphatic rings. The highest BCUT2D eigenvalue weighted by Gasteiger charge is 2.80. The molecule has 0 unspecified atom stereocenters. The van der Waals surface area contributed by atoms with Gasteiger partial charge in [-0.25, -0.2) is 0 Å². The molecule has 7 heteroatoms. The molecule has 0 aromatic rings. The minimum atomic E-state index is -2.19. The Morgan fingerprint density at radius 2 is 0.649 bits per heavy atom. The highest BCUT2D eigenvalue weighted by atomic mass is 79.9. The highest BCUT2D eigenvalue weighted by molar-refractivity contribution is 9.56. The molecule has 0 nitrogen and oxygen atoms in total. The van der Waals surface area contributed by atoms with E-state index < -0.39 is 34.5 Å². The zero-order valence-electron chi connectivity index (χ0n) is 29.4. The summed E-state index contributed by atoms with van der Waals surface area (Å²) in [5, 5.41) is 1.81. The monoisotopic (exact) mass is 727 g/mol. The van der Waals surface area contributed by atoms with Crippen LogP contribution in [0, 0.1) is 0 Å². The summed E-state index contributed by atoms with van der Waals surface area (Å²) in [4.78, 5) is 0. The Hall–Kier alpha value is 2.04. The zero-order chi connectivity index (χ0) is 30.7. The summed E-state index contributed by atoms with van der Waals surface area (Å²) in [6, 6.07) is 4.33. The molecule has 0 fully saturated rings. The Morgan fingerprint density at radius 3 is 0.784 bits per heavy atom. The second kappa shape index (κ2) is 11.3. The molecule has 0 heterocycles. The van der Waals surface area contributed by atoms with Crippen LogP contribution in [0.3, 0.4) is 0 Å². The van der Waals surface area contributed by atoms with Crippen molar-refractivity contribution < 1.29 is 0 Å². The van der Waals surface area contributed by atoms with Gasteiger partial charge >= 0.3 is 0 Å². The van der Waals surface area contributed by atoms with Crippen LogP contribution in [0.5, 0.6) is 0 Å². The van der Waals surface area contributed by atoms with E-state index in [1.54, 1.807) is 0 Å². The first-order valence-electron chi connectivity index (χ1n) is 15.1. The molecule has 0 aromatic carbocycles. The molecule has 37 heavy (non-hydrogen) atoms. The number of hydrogen-bond donors (Lipinski definition) is 0. The predicted octanol–water partition coefficient (Wildman–Crippen LogP) is 13.2. The molecular weight excluding hydrogens is 661 g/mol. The lowest BCUT2D eigenvalue weighted by atomic mass is 10.2. The second-order valence-electron chi connectivity index (χ2n) is 18.3. The summed E-state index contributed by atoms with van der Waals surface area (Å²) in [6.07, 6.45) is 0. The van der Waals surface area contributed by atoms with E-state index in [0.717, 1.165) is 0 Å². The van der Waals surface area contributed by atoms with Gasteiger partial charge in [-0.2, -0.15) is 0 Å². The van der Waals surface area contributed by atoms with Crippen LogP contribution in [0.1, 0.15) is 145 Å². The van der Waals surface area contributed by atoms with Crippen molar-refractivity contribution in [2.75, 3.05) is 0 Å². The van der Waals surface area contributed by atoms with Crippen LogP contribution in [0.4, 0.5) is 0 Å². The summed E-state index contributed by atoms with van der Waals surface area (Å²) in [7, 11) is -6.61. The van der Waals surface area contributed by atoms with E-state index in [4.69, 9.17) is 30.6 Å². The molecule has 1 radical (unpaired) electrons. The molecule has 0 amide bonds. The Kier molecular flexibility index (Phi) is 11.9.